The van der Waals surface area contributed by atoms with E-state index >= 15 is 0 Å². The number of nitrogen functional groups attached to an aromatic ring is 1. The topological polar surface area (TPSA) is 50.9 Å². The second-order valence-corrected chi connectivity index (χ2v) is 3.21. The number of hydrogen-bond acceptors (Lipinski definition) is 3. The van der Waals surface area contributed by atoms with Crippen molar-refractivity contribution in [1.29, 1.82) is 0 Å². The van der Waals surface area contributed by atoms with E-state index in [1.54, 1.807) is 6.20 Å². The van der Waals surface area contributed by atoms with Crippen LogP contribution < -0.4 is 11.1 Å². The third-order valence-electron chi connectivity index (χ3n) is 2.28. The molecular formula is C9H13N3. The van der Waals surface area contributed by atoms with Crippen LogP contribution in [0.2, 0.25) is 0 Å². The molecule has 1 aliphatic carbocycles. The maximum absolute atomic E-state index is 5.72. The summed E-state index contributed by atoms with van der Waals surface area (Å²) in [6.07, 6.45) is 5.58. The fraction of sp³-hybridized carbons (Fsp3) is 0.444. The Balaban J connectivity index is 2.06. The summed E-state index contributed by atoms with van der Waals surface area (Å²) in [7, 11) is 0. The number of nitrogens with two attached hydrogens (primary N) is 1. The first-order chi connectivity index (χ1) is 5.86. The highest BCUT2D eigenvalue weighted by Crippen LogP contribution is 2.24. The lowest BCUT2D eigenvalue weighted by atomic mass is 9.93. The van der Waals surface area contributed by atoms with Crippen molar-refractivity contribution in [2.75, 3.05) is 11.1 Å². The molecule has 2 rings (SSSR count). The fourth-order valence-corrected chi connectivity index (χ4v) is 1.28. The molecule has 1 aromatic rings. The van der Waals surface area contributed by atoms with E-state index in [-0.39, 0.29) is 0 Å². The first-order valence-electron chi connectivity index (χ1n) is 4.33. The smallest absolute Gasteiger partial charge is 0.149 e. The summed E-state index contributed by atoms with van der Waals surface area (Å²) in [4.78, 5) is 4.16. The lowest BCUT2D eigenvalue weighted by Crippen LogP contribution is -2.27. The number of aromatic nitrogens is 1. The van der Waals surface area contributed by atoms with Gasteiger partial charge in [0.25, 0.3) is 0 Å². The molecule has 3 nitrogen and oxygen atoms in total. The molecule has 0 atom stereocenters. The van der Waals surface area contributed by atoms with Gasteiger partial charge in [0.15, 0.2) is 0 Å². The van der Waals surface area contributed by atoms with E-state index in [0.29, 0.717) is 6.04 Å². The average Bonchev–Trinajstić information content (AvgIpc) is 2.00. The SMILES string of the molecule is Nc1cccnc1NC1CCC1. The van der Waals surface area contributed by atoms with Crippen LogP contribution in [0.3, 0.4) is 0 Å². The van der Waals surface area contributed by atoms with Crippen LogP contribution in [0.25, 0.3) is 0 Å². The first kappa shape index (κ1) is 7.40. The molecule has 3 N–H and O–H groups in total. The highest BCUT2D eigenvalue weighted by molar-refractivity contribution is 5.60. The second-order valence-electron chi connectivity index (χ2n) is 3.21. The predicted octanol–water partition coefficient (Wildman–Crippen LogP) is 1.63. The summed E-state index contributed by atoms with van der Waals surface area (Å²) in [6, 6.07) is 4.32. The van der Waals surface area contributed by atoms with Crippen LogP contribution in [0.4, 0.5) is 11.5 Å². The van der Waals surface area contributed by atoms with Crippen LogP contribution in [-0.2, 0) is 0 Å². The molecule has 1 aliphatic rings. The predicted molar refractivity (Wildman–Crippen MR) is 49.9 cm³/mol. The van der Waals surface area contributed by atoms with Crippen LogP contribution in [0.1, 0.15) is 19.3 Å². The highest BCUT2D eigenvalue weighted by atomic mass is 15.0. The normalized spacial score (nSPS) is 17.0. The zero-order chi connectivity index (χ0) is 8.39. The Labute approximate surface area is 72.0 Å². The third-order valence-corrected chi connectivity index (χ3v) is 2.28. The average molecular weight is 163 g/mol. The third kappa shape index (κ3) is 1.35. The van der Waals surface area contributed by atoms with Crippen molar-refractivity contribution in [3.63, 3.8) is 0 Å². The van der Waals surface area contributed by atoms with Crippen molar-refractivity contribution in [3.05, 3.63) is 18.3 Å². The van der Waals surface area contributed by atoms with Gasteiger partial charge in [-0.25, -0.2) is 4.98 Å². The molecule has 1 fully saturated rings. The van der Waals surface area contributed by atoms with Gasteiger partial charge in [-0.05, 0) is 31.4 Å². The molecule has 0 aromatic carbocycles. The fourth-order valence-electron chi connectivity index (χ4n) is 1.28. The largest absolute Gasteiger partial charge is 0.396 e. The van der Waals surface area contributed by atoms with Gasteiger partial charge in [0, 0.05) is 12.2 Å². The lowest BCUT2D eigenvalue weighted by Gasteiger charge is -2.27. The van der Waals surface area contributed by atoms with Gasteiger partial charge in [-0.2, -0.15) is 0 Å². The number of pyridine rings is 1. The maximum atomic E-state index is 5.72. The Kier molecular flexibility index (Phi) is 1.86. The summed E-state index contributed by atoms with van der Waals surface area (Å²) >= 11 is 0. The molecule has 12 heavy (non-hydrogen) atoms. The number of nitrogens with zero attached hydrogens (tertiary/aromatic N) is 1. The van der Waals surface area contributed by atoms with Crippen LogP contribution in [0, 0.1) is 0 Å². The molecule has 0 radical (unpaired) electrons. The number of anilines is 2. The van der Waals surface area contributed by atoms with Gasteiger partial charge < -0.3 is 11.1 Å². The Bertz CT molecular complexity index is 268. The molecule has 0 aliphatic heterocycles. The van der Waals surface area contributed by atoms with Gasteiger partial charge >= 0.3 is 0 Å². The minimum atomic E-state index is 0.599. The molecule has 1 heterocycles. The molecule has 1 aromatic heterocycles. The minimum absolute atomic E-state index is 0.599. The summed E-state index contributed by atoms with van der Waals surface area (Å²) in [5.41, 5.74) is 6.46. The second kappa shape index (κ2) is 3.01. The Morgan fingerprint density at radius 2 is 2.33 bits per heavy atom. The summed E-state index contributed by atoms with van der Waals surface area (Å²) in [5, 5.41) is 3.31. The van der Waals surface area contributed by atoms with Gasteiger partial charge in [-0.1, -0.05) is 0 Å². The lowest BCUT2D eigenvalue weighted by molar-refractivity contribution is 0.444. The minimum Gasteiger partial charge on any atom is -0.396 e. The summed E-state index contributed by atoms with van der Waals surface area (Å²) < 4.78 is 0. The van der Waals surface area contributed by atoms with Crippen LogP contribution in [0.15, 0.2) is 18.3 Å². The highest BCUT2D eigenvalue weighted by Gasteiger charge is 2.17. The number of hydrogen-bond donors (Lipinski definition) is 2. The molecule has 64 valence electrons. The molecule has 1 saturated carbocycles. The number of rotatable bonds is 2. The molecular weight excluding hydrogens is 150 g/mol. The van der Waals surface area contributed by atoms with E-state index in [0.717, 1.165) is 11.5 Å². The van der Waals surface area contributed by atoms with Crippen LogP contribution in [-0.4, -0.2) is 11.0 Å². The van der Waals surface area contributed by atoms with E-state index in [1.807, 2.05) is 12.1 Å². The van der Waals surface area contributed by atoms with E-state index in [9.17, 15) is 0 Å². The quantitative estimate of drug-likeness (QED) is 0.696. The van der Waals surface area contributed by atoms with E-state index in [1.165, 1.54) is 19.3 Å². The van der Waals surface area contributed by atoms with E-state index < -0.39 is 0 Å². The van der Waals surface area contributed by atoms with Crippen molar-refractivity contribution in [2.24, 2.45) is 0 Å². The van der Waals surface area contributed by atoms with Crippen molar-refractivity contribution < 1.29 is 0 Å². The monoisotopic (exact) mass is 163 g/mol. The van der Waals surface area contributed by atoms with E-state index in [4.69, 9.17) is 5.73 Å². The Morgan fingerprint density at radius 3 is 2.92 bits per heavy atom. The molecule has 0 amide bonds. The van der Waals surface area contributed by atoms with Gasteiger partial charge in [-0.15, -0.1) is 0 Å². The maximum Gasteiger partial charge on any atom is 0.149 e. The molecule has 0 bridgehead atoms. The van der Waals surface area contributed by atoms with Crippen LogP contribution in [0.5, 0.6) is 0 Å². The standard InChI is InChI=1S/C9H13N3/c10-8-5-2-6-11-9(8)12-7-3-1-4-7/h2,5-7H,1,3-4,10H2,(H,11,12). The first-order valence-corrected chi connectivity index (χ1v) is 4.33. The summed E-state index contributed by atoms with van der Waals surface area (Å²) in [5.74, 6) is 0.835. The van der Waals surface area contributed by atoms with Gasteiger partial charge in [-0.3, -0.25) is 0 Å². The van der Waals surface area contributed by atoms with Gasteiger partial charge in [0.05, 0.1) is 5.69 Å². The summed E-state index contributed by atoms with van der Waals surface area (Å²) in [6.45, 7) is 0. The molecule has 0 saturated heterocycles. The Hall–Kier alpha value is -1.25. The van der Waals surface area contributed by atoms with Crippen molar-refractivity contribution in [2.45, 2.75) is 25.3 Å². The molecule has 3 heteroatoms. The molecule has 0 unspecified atom stereocenters. The number of nitrogens with one attached hydrogen (secondary N) is 1. The van der Waals surface area contributed by atoms with E-state index in [2.05, 4.69) is 10.3 Å². The van der Waals surface area contributed by atoms with Gasteiger partial charge in [0.2, 0.25) is 0 Å². The van der Waals surface area contributed by atoms with Crippen LogP contribution >= 0.6 is 0 Å². The zero-order valence-corrected chi connectivity index (χ0v) is 6.96. The van der Waals surface area contributed by atoms with Crippen molar-refractivity contribution >= 4 is 11.5 Å². The Morgan fingerprint density at radius 1 is 1.50 bits per heavy atom. The zero-order valence-electron chi connectivity index (χ0n) is 6.96. The van der Waals surface area contributed by atoms with Crippen molar-refractivity contribution in [1.82, 2.24) is 4.98 Å². The van der Waals surface area contributed by atoms with Crippen molar-refractivity contribution in [3.8, 4) is 0 Å². The van der Waals surface area contributed by atoms with Gasteiger partial charge in [0.1, 0.15) is 5.82 Å². The molecule has 0 spiro atoms.